The van der Waals surface area contributed by atoms with Crippen LogP contribution in [-0.2, 0) is 6.54 Å². The molecule has 0 aromatic heterocycles. The molecule has 1 aliphatic rings. The van der Waals surface area contributed by atoms with Crippen molar-refractivity contribution in [3.8, 4) is 0 Å². The van der Waals surface area contributed by atoms with Crippen LogP contribution in [-0.4, -0.2) is 74.3 Å². The molecular formula is C19H30F3N5. The second-order valence-corrected chi connectivity index (χ2v) is 7.18. The number of hydrogen-bond acceptors (Lipinski definition) is 3. The minimum Gasteiger partial charge on any atom is -0.355 e. The van der Waals surface area contributed by atoms with Crippen LogP contribution in [0.1, 0.15) is 18.9 Å². The smallest absolute Gasteiger partial charge is 0.355 e. The van der Waals surface area contributed by atoms with Gasteiger partial charge in [0.15, 0.2) is 5.96 Å². The monoisotopic (exact) mass is 385 g/mol. The van der Waals surface area contributed by atoms with E-state index in [1.165, 1.54) is 10.5 Å². The number of halogens is 3. The van der Waals surface area contributed by atoms with Gasteiger partial charge in [0.05, 0.1) is 6.54 Å². The molecule has 0 spiro atoms. The fraction of sp³-hybridized carbons (Fsp3) is 0.632. The zero-order chi connectivity index (χ0) is 19.9. The molecule has 0 radical (unpaired) electrons. The average Bonchev–Trinajstić information content (AvgIpc) is 3.04. The number of benzene rings is 1. The lowest BCUT2D eigenvalue weighted by atomic mass is 10.2. The molecule has 27 heavy (non-hydrogen) atoms. The molecule has 2 rings (SSSR count). The number of nitrogens with zero attached hydrogens (tertiary/aromatic N) is 3. The molecule has 1 aromatic rings. The molecule has 0 saturated carbocycles. The van der Waals surface area contributed by atoms with E-state index >= 15 is 0 Å². The molecule has 1 saturated heterocycles. The molecule has 2 atom stereocenters. The topological polar surface area (TPSA) is 42.9 Å². The average molecular weight is 385 g/mol. The highest BCUT2D eigenvalue weighted by atomic mass is 19.4. The highest BCUT2D eigenvalue weighted by Gasteiger charge is 2.34. The van der Waals surface area contributed by atoms with Crippen LogP contribution >= 0.6 is 0 Å². The van der Waals surface area contributed by atoms with Crippen molar-refractivity contribution in [3.63, 3.8) is 0 Å². The van der Waals surface area contributed by atoms with E-state index < -0.39 is 12.7 Å². The van der Waals surface area contributed by atoms with Crippen molar-refractivity contribution >= 4 is 5.96 Å². The molecule has 1 heterocycles. The molecule has 152 valence electrons. The van der Waals surface area contributed by atoms with E-state index in [0.717, 1.165) is 6.54 Å². The molecule has 0 bridgehead atoms. The van der Waals surface area contributed by atoms with E-state index in [1.807, 2.05) is 18.2 Å². The summed E-state index contributed by atoms with van der Waals surface area (Å²) in [5.74, 6) is 0.633. The Hall–Kier alpha value is -1.80. The standard InChI is InChI=1S/C19H30F3N5/c1-15(26(3)12-16-7-5-4-6-8-16)11-24-18(23-2)25-17-9-10-27(13-17)14-19(20,21)22/h4-8,15,17H,9-14H2,1-3H3,(H2,23,24,25). The number of aliphatic imine (C=N–C) groups is 1. The Morgan fingerprint density at radius 2 is 2.04 bits per heavy atom. The van der Waals surface area contributed by atoms with E-state index in [1.54, 1.807) is 7.05 Å². The fourth-order valence-corrected chi connectivity index (χ4v) is 3.16. The molecule has 0 aliphatic carbocycles. The van der Waals surface area contributed by atoms with Gasteiger partial charge in [-0.2, -0.15) is 13.2 Å². The van der Waals surface area contributed by atoms with Crippen LogP contribution in [0.2, 0.25) is 0 Å². The molecule has 1 aromatic carbocycles. The first-order valence-electron chi connectivity index (χ1n) is 9.27. The third-order valence-electron chi connectivity index (χ3n) is 4.83. The maximum absolute atomic E-state index is 12.5. The van der Waals surface area contributed by atoms with Gasteiger partial charge in [-0.1, -0.05) is 30.3 Å². The Morgan fingerprint density at radius 3 is 2.67 bits per heavy atom. The van der Waals surface area contributed by atoms with Gasteiger partial charge in [-0.05, 0) is 26.0 Å². The summed E-state index contributed by atoms with van der Waals surface area (Å²) in [4.78, 5) is 7.88. The van der Waals surface area contributed by atoms with Crippen molar-refractivity contribution in [1.82, 2.24) is 20.4 Å². The van der Waals surface area contributed by atoms with Gasteiger partial charge in [0.25, 0.3) is 0 Å². The molecule has 2 unspecified atom stereocenters. The Labute approximate surface area is 159 Å². The number of hydrogen-bond donors (Lipinski definition) is 2. The normalized spacial score (nSPS) is 20.1. The SMILES string of the molecule is CN=C(NCC(C)N(C)Cc1ccccc1)NC1CCN(CC(F)(F)F)C1. The first-order chi connectivity index (χ1) is 12.8. The van der Waals surface area contributed by atoms with Crippen LogP contribution in [0.4, 0.5) is 13.2 Å². The highest BCUT2D eigenvalue weighted by Crippen LogP contribution is 2.19. The largest absolute Gasteiger partial charge is 0.401 e. The number of rotatable bonds is 7. The van der Waals surface area contributed by atoms with Gasteiger partial charge in [-0.3, -0.25) is 14.8 Å². The first kappa shape index (κ1) is 21.5. The predicted octanol–water partition coefficient (Wildman–Crippen LogP) is 2.31. The minimum absolute atomic E-state index is 0.0177. The summed E-state index contributed by atoms with van der Waals surface area (Å²) in [6, 6.07) is 10.5. The quantitative estimate of drug-likeness (QED) is 0.558. The summed E-state index contributed by atoms with van der Waals surface area (Å²) in [6.45, 7) is 3.66. The third-order valence-corrected chi connectivity index (χ3v) is 4.83. The van der Waals surface area contributed by atoms with Crippen LogP contribution in [0.5, 0.6) is 0 Å². The van der Waals surface area contributed by atoms with Crippen molar-refractivity contribution in [2.24, 2.45) is 4.99 Å². The number of nitrogens with one attached hydrogen (secondary N) is 2. The second kappa shape index (κ2) is 9.94. The zero-order valence-electron chi connectivity index (χ0n) is 16.3. The maximum atomic E-state index is 12.5. The number of guanidine groups is 1. The first-order valence-corrected chi connectivity index (χ1v) is 9.27. The highest BCUT2D eigenvalue weighted by molar-refractivity contribution is 5.80. The fourth-order valence-electron chi connectivity index (χ4n) is 3.16. The summed E-state index contributed by atoms with van der Waals surface area (Å²) >= 11 is 0. The van der Waals surface area contributed by atoms with Crippen molar-refractivity contribution in [2.75, 3.05) is 40.3 Å². The zero-order valence-corrected chi connectivity index (χ0v) is 16.3. The van der Waals surface area contributed by atoms with E-state index in [4.69, 9.17) is 0 Å². The third kappa shape index (κ3) is 7.76. The molecule has 0 amide bonds. The Kier molecular flexibility index (Phi) is 7.91. The van der Waals surface area contributed by atoms with Crippen LogP contribution in [0.3, 0.4) is 0 Å². The number of likely N-dealkylation sites (N-methyl/N-ethyl adjacent to an activating group) is 1. The van der Waals surface area contributed by atoms with Gasteiger partial charge in [-0.15, -0.1) is 0 Å². The van der Waals surface area contributed by atoms with Crippen molar-refractivity contribution in [3.05, 3.63) is 35.9 Å². The summed E-state index contributed by atoms with van der Waals surface area (Å²) < 4.78 is 37.5. The molecule has 1 aliphatic heterocycles. The maximum Gasteiger partial charge on any atom is 0.401 e. The van der Waals surface area contributed by atoms with Crippen LogP contribution in [0.25, 0.3) is 0 Å². The molecule has 8 heteroatoms. The van der Waals surface area contributed by atoms with E-state index in [9.17, 15) is 13.2 Å². The number of likely N-dealkylation sites (tertiary alicyclic amines) is 1. The van der Waals surface area contributed by atoms with Gasteiger partial charge in [0, 0.05) is 45.3 Å². The second-order valence-electron chi connectivity index (χ2n) is 7.18. The van der Waals surface area contributed by atoms with Crippen LogP contribution in [0.15, 0.2) is 35.3 Å². The van der Waals surface area contributed by atoms with Crippen molar-refractivity contribution in [1.29, 1.82) is 0 Å². The van der Waals surface area contributed by atoms with Crippen LogP contribution in [0, 0.1) is 0 Å². The molecular weight excluding hydrogens is 355 g/mol. The molecule has 5 nitrogen and oxygen atoms in total. The van der Waals surface area contributed by atoms with Crippen LogP contribution < -0.4 is 10.6 Å². The lowest BCUT2D eigenvalue weighted by Crippen LogP contribution is -2.48. The van der Waals surface area contributed by atoms with E-state index in [0.29, 0.717) is 32.0 Å². The van der Waals surface area contributed by atoms with Gasteiger partial charge >= 0.3 is 6.18 Å². The lowest BCUT2D eigenvalue weighted by Gasteiger charge is -2.26. The van der Waals surface area contributed by atoms with Gasteiger partial charge < -0.3 is 10.6 Å². The summed E-state index contributed by atoms with van der Waals surface area (Å²) in [5, 5.41) is 6.52. The predicted molar refractivity (Wildman–Crippen MR) is 103 cm³/mol. The lowest BCUT2D eigenvalue weighted by molar-refractivity contribution is -0.143. The summed E-state index contributed by atoms with van der Waals surface area (Å²) in [7, 11) is 3.75. The Morgan fingerprint density at radius 1 is 1.33 bits per heavy atom. The Bertz CT molecular complexity index is 591. The Balaban J connectivity index is 1.73. The van der Waals surface area contributed by atoms with Crippen molar-refractivity contribution < 1.29 is 13.2 Å². The number of alkyl halides is 3. The van der Waals surface area contributed by atoms with Crippen molar-refractivity contribution in [2.45, 2.75) is 38.1 Å². The van der Waals surface area contributed by atoms with E-state index in [2.05, 4.69) is 46.6 Å². The summed E-state index contributed by atoms with van der Waals surface area (Å²) in [6.07, 6.45) is -3.46. The molecule has 1 fully saturated rings. The van der Waals surface area contributed by atoms with Gasteiger partial charge in [0.1, 0.15) is 0 Å². The molecule has 2 N–H and O–H groups in total. The van der Waals surface area contributed by atoms with E-state index in [-0.39, 0.29) is 12.1 Å². The summed E-state index contributed by atoms with van der Waals surface area (Å²) in [5.41, 5.74) is 1.25. The minimum atomic E-state index is -4.15. The van der Waals surface area contributed by atoms with Gasteiger partial charge in [-0.25, -0.2) is 0 Å². The van der Waals surface area contributed by atoms with Gasteiger partial charge in [0.2, 0.25) is 0 Å².